The zero-order chi connectivity index (χ0) is 16.9. The van der Waals surface area contributed by atoms with Gasteiger partial charge in [-0.15, -0.1) is 0 Å². The molecule has 0 unspecified atom stereocenters. The van der Waals surface area contributed by atoms with Crippen LogP contribution in [0.5, 0.6) is 0 Å². The molecule has 0 aliphatic rings. The molecular formula is C15H14ClF3N2O. The van der Waals surface area contributed by atoms with E-state index in [0.717, 1.165) is 17.7 Å². The number of nitrogens with one attached hydrogen (secondary N) is 2. The Morgan fingerprint density at radius 1 is 1.27 bits per heavy atom. The highest BCUT2D eigenvalue weighted by atomic mass is 35.5. The van der Waals surface area contributed by atoms with E-state index in [1.165, 1.54) is 12.1 Å². The minimum Gasteiger partial charge on any atom is -0.308 e. The average molecular weight is 331 g/mol. The van der Waals surface area contributed by atoms with Crippen LogP contribution in [0.15, 0.2) is 54.8 Å². The first-order valence-electron chi connectivity index (χ1n) is 6.07. The van der Waals surface area contributed by atoms with Gasteiger partial charge >= 0.3 is 12.2 Å². The number of urea groups is 1. The SMILES string of the molecule is C=C(C)/C=C\C(=C)NC(=O)Nc1ccc(Cl)c(C(F)(F)F)c1. The number of carbonyl (C=O) groups is 1. The van der Waals surface area contributed by atoms with Crippen molar-refractivity contribution < 1.29 is 18.0 Å². The van der Waals surface area contributed by atoms with Gasteiger partial charge in [0.1, 0.15) is 0 Å². The number of hydrogen-bond acceptors (Lipinski definition) is 1. The van der Waals surface area contributed by atoms with Crippen LogP contribution in [0.2, 0.25) is 5.02 Å². The summed E-state index contributed by atoms with van der Waals surface area (Å²) >= 11 is 5.49. The zero-order valence-corrected chi connectivity index (χ0v) is 12.5. The van der Waals surface area contributed by atoms with Crippen LogP contribution in [0.1, 0.15) is 12.5 Å². The third-order valence-electron chi connectivity index (χ3n) is 2.37. The molecule has 0 radical (unpaired) electrons. The van der Waals surface area contributed by atoms with E-state index in [9.17, 15) is 18.0 Å². The fourth-order valence-corrected chi connectivity index (χ4v) is 1.64. The van der Waals surface area contributed by atoms with Crippen molar-refractivity contribution in [3.8, 4) is 0 Å². The predicted octanol–water partition coefficient (Wildman–Crippen LogP) is 5.13. The molecular weight excluding hydrogens is 317 g/mol. The number of benzene rings is 1. The maximum absolute atomic E-state index is 12.7. The van der Waals surface area contributed by atoms with Crippen molar-refractivity contribution in [3.05, 3.63) is 65.4 Å². The van der Waals surface area contributed by atoms with Gasteiger partial charge in [0.15, 0.2) is 0 Å². The monoisotopic (exact) mass is 330 g/mol. The summed E-state index contributed by atoms with van der Waals surface area (Å²) in [5, 5.41) is 4.21. The molecule has 0 aliphatic heterocycles. The lowest BCUT2D eigenvalue weighted by molar-refractivity contribution is -0.137. The number of amides is 2. The van der Waals surface area contributed by atoms with Gasteiger partial charge in [-0.2, -0.15) is 13.2 Å². The van der Waals surface area contributed by atoms with Gasteiger partial charge in [0.2, 0.25) is 0 Å². The molecule has 1 rings (SSSR count). The highest BCUT2D eigenvalue weighted by Gasteiger charge is 2.33. The minimum absolute atomic E-state index is 0.0362. The molecule has 0 saturated carbocycles. The quantitative estimate of drug-likeness (QED) is 0.738. The summed E-state index contributed by atoms with van der Waals surface area (Å²) in [4.78, 5) is 11.7. The first-order chi connectivity index (χ1) is 10.1. The highest BCUT2D eigenvalue weighted by Crippen LogP contribution is 2.36. The molecule has 0 heterocycles. The second kappa shape index (κ2) is 7.17. The smallest absolute Gasteiger partial charge is 0.308 e. The van der Waals surface area contributed by atoms with Gasteiger partial charge in [-0.1, -0.05) is 36.4 Å². The van der Waals surface area contributed by atoms with Crippen LogP contribution in [-0.2, 0) is 6.18 Å². The molecule has 22 heavy (non-hydrogen) atoms. The fourth-order valence-electron chi connectivity index (χ4n) is 1.41. The standard InChI is InChI=1S/C15H14ClF3N2O/c1-9(2)4-5-10(3)20-14(22)21-11-6-7-13(16)12(8-11)15(17,18)19/h4-8H,1,3H2,2H3,(H2,20,21,22)/b5-4-. The minimum atomic E-state index is -4.60. The fraction of sp³-hybridized carbons (Fsp3) is 0.133. The van der Waals surface area contributed by atoms with E-state index >= 15 is 0 Å². The molecule has 0 fully saturated rings. The van der Waals surface area contributed by atoms with E-state index in [1.807, 2.05) is 0 Å². The Balaban J connectivity index is 2.77. The average Bonchev–Trinajstić information content (AvgIpc) is 2.37. The van der Waals surface area contributed by atoms with Gasteiger partial charge in [0.05, 0.1) is 10.6 Å². The Labute approximate surface area is 131 Å². The number of carbonyl (C=O) groups excluding carboxylic acids is 1. The van der Waals surface area contributed by atoms with Gasteiger partial charge in [-0.05, 0) is 31.2 Å². The van der Waals surface area contributed by atoms with Crippen LogP contribution in [0.3, 0.4) is 0 Å². The van der Waals surface area contributed by atoms with E-state index in [4.69, 9.17) is 11.6 Å². The maximum atomic E-state index is 12.7. The van der Waals surface area contributed by atoms with Crippen LogP contribution < -0.4 is 10.6 Å². The molecule has 3 nitrogen and oxygen atoms in total. The van der Waals surface area contributed by atoms with Crippen molar-refractivity contribution in [2.45, 2.75) is 13.1 Å². The van der Waals surface area contributed by atoms with E-state index < -0.39 is 22.8 Å². The van der Waals surface area contributed by atoms with Crippen LogP contribution in [0.4, 0.5) is 23.7 Å². The summed E-state index contributed by atoms with van der Waals surface area (Å²) in [7, 11) is 0. The summed E-state index contributed by atoms with van der Waals surface area (Å²) in [5.41, 5.74) is -0.0275. The van der Waals surface area contributed by atoms with Crippen molar-refractivity contribution in [2.75, 3.05) is 5.32 Å². The maximum Gasteiger partial charge on any atom is 0.417 e. The first-order valence-corrected chi connectivity index (χ1v) is 6.44. The molecule has 0 bridgehead atoms. The largest absolute Gasteiger partial charge is 0.417 e. The summed E-state index contributed by atoms with van der Waals surface area (Å²) < 4.78 is 38.1. The molecule has 1 aromatic rings. The van der Waals surface area contributed by atoms with Crippen LogP contribution in [-0.4, -0.2) is 6.03 Å². The van der Waals surface area contributed by atoms with E-state index in [0.29, 0.717) is 0 Å². The Morgan fingerprint density at radius 3 is 2.45 bits per heavy atom. The van der Waals surface area contributed by atoms with E-state index in [-0.39, 0.29) is 11.4 Å². The van der Waals surface area contributed by atoms with Crippen molar-refractivity contribution in [2.24, 2.45) is 0 Å². The van der Waals surface area contributed by atoms with Gasteiger partial charge in [-0.25, -0.2) is 4.79 Å². The number of rotatable bonds is 4. The highest BCUT2D eigenvalue weighted by molar-refractivity contribution is 6.31. The summed E-state index contributed by atoms with van der Waals surface area (Å²) in [6.45, 7) is 8.98. The van der Waals surface area contributed by atoms with Crippen LogP contribution >= 0.6 is 11.6 Å². The molecule has 1 aromatic carbocycles. The first kappa shape index (κ1) is 17.8. The van der Waals surface area contributed by atoms with Crippen molar-refractivity contribution in [3.63, 3.8) is 0 Å². The lowest BCUT2D eigenvalue weighted by Crippen LogP contribution is -2.27. The molecule has 7 heteroatoms. The summed E-state index contributed by atoms with van der Waals surface area (Å²) in [5.74, 6) is 0. The predicted molar refractivity (Wildman–Crippen MR) is 81.7 cm³/mol. The van der Waals surface area contributed by atoms with Gasteiger partial charge in [0, 0.05) is 11.4 Å². The Morgan fingerprint density at radius 2 is 1.91 bits per heavy atom. The molecule has 2 amide bonds. The Kier molecular flexibility index (Phi) is 5.82. The van der Waals surface area contributed by atoms with Crippen molar-refractivity contribution in [1.82, 2.24) is 5.32 Å². The van der Waals surface area contributed by atoms with E-state index in [2.05, 4.69) is 23.8 Å². The van der Waals surface area contributed by atoms with Crippen LogP contribution in [0.25, 0.3) is 0 Å². The summed E-state index contributed by atoms with van der Waals surface area (Å²) in [6, 6.07) is 2.38. The molecule has 118 valence electrons. The number of anilines is 1. The third kappa shape index (κ3) is 5.65. The molecule has 0 spiro atoms. The van der Waals surface area contributed by atoms with Crippen LogP contribution in [0, 0.1) is 0 Å². The molecule has 0 aliphatic carbocycles. The van der Waals surface area contributed by atoms with Gasteiger partial charge in [-0.3, -0.25) is 0 Å². The zero-order valence-electron chi connectivity index (χ0n) is 11.7. The molecule has 0 saturated heterocycles. The van der Waals surface area contributed by atoms with Crippen molar-refractivity contribution in [1.29, 1.82) is 0 Å². The number of hydrogen-bond donors (Lipinski definition) is 2. The van der Waals surface area contributed by atoms with Gasteiger partial charge < -0.3 is 10.6 Å². The second-order valence-electron chi connectivity index (χ2n) is 4.48. The Bertz CT molecular complexity index is 636. The lowest BCUT2D eigenvalue weighted by Gasteiger charge is -2.12. The molecule has 0 aromatic heterocycles. The Hall–Kier alpha value is -2.21. The number of halogens is 4. The lowest BCUT2D eigenvalue weighted by atomic mass is 10.2. The third-order valence-corrected chi connectivity index (χ3v) is 2.70. The second-order valence-corrected chi connectivity index (χ2v) is 4.88. The molecule has 0 atom stereocenters. The summed E-state index contributed by atoms with van der Waals surface area (Å²) in [6.07, 6.45) is -1.45. The number of alkyl halides is 3. The molecule has 2 N–H and O–H groups in total. The number of allylic oxidation sites excluding steroid dienone is 3. The topological polar surface area (TPSA) is 41.1 Å². The van der Waals surface area contributed by atoms with E-state index in [1.54, 1.807) is 13.0 Å². The van der Waals surface area contributed by atoms with Gasteiger partial charge in [0.25, 0.3) is 0 Å². The normalized spacial score (nSPS) is 11.3. The van der Waals surface area contributed by atoms with Crippen molar-refractivity contribution >= 4 is 23.3 Å².